The molecule has 1 unspecified atom stereocenters. The topological polar surface area (TPSA) is 37.3 Å². The van der Waals surface area contributed by atoms with Gasteiger partial charge in [0.1, 0.15) is 0 Å². The minimum atomic E-state index is -0.683. The molecule has 0 aromatic carbocycles. The SMILES string of the molecule is C[C](C)CCC[AsH]C(=O)O. The van der Waals surface area contributed by atoms with Gasteiger partial charge in [-0.25, -0.2) is 0 Å². The molecule has 0 aromatic rings. The summed E-state index contributed by atoms with van der Waals surface area (Å²) < 4.78 is -0.561. The van der Waals surface area contributed by atoms with Crippen molar-refractivity contribution in [2.75, 3.05) is 0 Å². The summed E-state index contributed by atoms with van der Waals surface area (Å²) in [6, 6.07) is 0. The van der Waals surface area contributed by atoms with Crippen molar-refractivity contribution in [2.24, 2.45) is 0 Å². The Kier molecular flexibility index (Phi) is 5.80. The van der Waals surface area contributed by atoms with Crippen LogP contribution in [0.25, 0.3) is 0 Å². The minimum absolute atomic E-state index is 0.561. The zero-order chi connectivity index (χ0) is 7.98. The normalized spacial score (nSPS) is 11.5. The third kappa shape index (κ3) is 8.03. The number of rotatable bonds is 5. The molecule has 0 rings (SSSR count). The fraction of sp³-hybridized carbons (Fsp3) is 0.714. The third-order valence-electron chi connectivity index (χ3n) is 1.13. The molecular weight excluding hydrogens is 191 g/mol. The standard InChI is InChI=1S/C7H14AsO2/c1-6(2)4-3-5-8-7(9)10/h8H,3-5H2,1-2H3,(H,9,10). The molecule has 1 N–H and O–H groups in total. The van der Waals surface area contributed by atoms with Crippen molar-refractivity contribution >= 4 is 20.5 Å². The van der Waals surface area contributed by atoms with Crippen LogP contribution in [0, 0.1) is 5.92 Å². The fourth-order valence-electron chi connectivity index (χ4n) is 0.637. The Balaban J connectivity index is 2.98. The molecule has 0 aliphatic carbocycles. The molecule has 0 heterocycles. The van der Waals surface area contributed by atoms with E-state index in [0.717, 1.165) is 18.1 Å². The molecular formula is C7H14AsO2. The van der Waals surface area contributed by atoms with Crippen LogP contribution in [-0.4, -0.2) is 25.6 Å². The predicted molar refractivity (Wildman–Crippen MR) is 43.8 cm³/mol. The first-order valence-electron chi connectivity index (χ1n) is 3.38. The van der Waals surface area contributed by atoms with Gasteiger partial charge in [0.2, 0.25) is 0 Å². The van der Waals surface area contributed by atoms with Crippen LogP contribution in [-0.2, 0) is 0 Å². The summed E-state index contributed by atoms with van der Waals surface area (Å²) in [5.41, 5.74) is 0. The summed E-state index contributed by atoms with van der Waals surface area (Å²) in [6.45, 7) is 4.17. The van der Waals surface area contributed by atoms with E-state index in [-0.39, 0.29) is 0 Å². The van der Waals surface area contributed by atoms with E-state index >= 15 is 0 Å². The van der Waals surface area contributed by atoms with Crippen molar-refractivity contribution in [3.05, 3.63) is 5.92 Å². The van der Waals surface area contributed by atoms with E-state index < -0.39 is 20.5 Å². The monoisotopic (exact) mass is 205 g/mol. The Hall–Kier alpha value is 0.0284. The van der Waals surface area contributed by atoms with Gasteiger partial charge in [0.15, 0.2) is 0 Å². The zero-order valence-corrected chi connectivity index (χ0v) is 8.57. The van der Waals surface area contributed by atoms with Gasteiger partial charge in [-0.1, -0.05) is 0 Å². The number of hydrogen-bond donors (Lipinski definition) is 1. The van der Waals surface area contributed by atoms with Gasteiger partial charge in [-0.05, 0) is 0 Å². The van der Waals surface area contributed by atoms with Gasteiger partial charge in [0, 0.05) is 0 Å². The first-order valence-corrected chi connectivity index (χ1v) is 5.92. The van der Waals surface area contributed by atoms with Crippen LogP contribution < -0.4 is 0 Å². The quantitative estimate of drug-likeness (QED) is 0.549. The van der Waals surface area contributed by atoms with Crippen molar-refractivity contribution in [2.45, 2.75) is 31.9 Å². The third-order valence-corrected chi connectivity index (χ3v) is 3.03. The van der Waals surface area contributed by atoms with E-state index in [2.05, 4.69) is 13.8 Å². The summed E-state index contributed by atoms with van der Waals surface area (Å²) in [5, 5.41) is 9.26. The molecule has 0 amide bonds. The average Bonchev–Trinajstić information content (AvgIpc) is 1.79. The van der Waals surface area contributed by atoms with Gasteiger partial charge >= 0.3 is 68.2 Å². The Morgan fingerprint density at radius 3 is 2.50 bits per heavy atom. The second kappa shape index (κ2) is 5.79. The summed E-state index contributed by atoms with van der Waals surface area (Å²) >= 11 is -0.683. The molecule has 0 bridgehead atoms. The zero-order valence-electron chi connectivity index (χ0n) is 6.48. The molecule has 3 heteroatoms. The van der Waals surface area contributed by atoms with E-state index in [1.807, 2.05) is 0 Å². The molecule has 1 radical (unpaired) electrons. The molecule has 10 heavy (non-hydrogen) atoms. The summed E-state index contributed by atoms with van der Waals surface area (Å²) in [7, 11) is 0. The number of carbonyl (C=O) groups is 1. The van der Waals surface area contributed by atoms with E-state index in [1.165, 1.54) is 5.92 Å². The van der Waals surface area contributed by atoms with Crippen molar-refractivity contribution < 1.29 is 9.90 Å². The molecule has 0 saturated heterocycles. The van der Waals surface area contributed by atoms with Gasteiger partial charge in [0.05, 0.1) is 0 Å². The van der Waals surface area contributed by atoms with E-state index in [4.69, 9.17) is 5.11 Å². The molecule has 0 aliphatic heterocycles. The van der Waals surface area contributed by atoms with Crippen LogP contribution in [0.1, 0.15) is 26.7 Å². The molecule has 2 nitrogen and oxygen atoms in total. The second-order valence-electron chi connectivity index (χ2n) is 2.54. The van der Waals surface area contributed by atoms with Crippen LogP contribution in [0.3, 0.4) is 0 Å². The second-order valence-corrected chi connectivity index (χ2v) is 5.23. The number of carboxylic acid groups (broad SMARTS) is 1. The first kappa shape index (κ1) is 10.0. The average molecular weight is 205 g/mol. The van der Waals surface area contributed by atoms with E-state index in [9.17, 15) is 4.79 Å². The molecule has 1 atom stereocenters. The molecule has 0 saturated carbocycles. The predicted octanol–water partition coefficient (Wildman–Crippen LogP) is 1.91. The van der Waals surface area contributed by atoms with Crippen molar-refractivity contribution in [1.29, 1.82) is 0 Å². The molecule has 59 valence electrons. The summed E-state index contributed by atoms with van der Waals surface area (Å²) in [4.78, 5) is 10.1. The van der Waals surface area contributed by atoms with Crippen LogP contribution in [0.15, 0.2) is 0 Å². The first-order chi connectivity index (χ1) is 4.63. The van der Waals surface area contributed by atoms with Gasteiger partial charge in [-0.2, -0.15) is 0 Å². The van der Waals surface area contributed by atoms with E-state index in [0.29, 0.717) is 0 Å². The molecule has 0 spiro atoms. The van der Waals surface area contributed by atoms with Crippen LogP contribution in [0.5, 0.6) is 0 Å². The maximum absolute atomic E-state index is 10.1. The fourth-order valence-corrected chi connectivity index (χ4v) is 1.83. The van der Waals surface area contributed by atoms with Gasteiger partial charge < -0.3 is 0 Å². The van der Waals surface area contributed by atoms with Crippen LogP contribution >= 0.6 is 0 Å². The Labute approximate surface area is 68.7 Å². The van der Waals surface area contributed by atoms with Gasteiger partial charge in [-0.15, -0.1) is 0 Å². The van der Waals surface area contributed by atoms with Gasteiger partial charge in [-0.3, -0.25) is 0 Å². The maximum atomic E-state index is 10.1. The van der Waals surface area contributed by atoms with Crippen LogP contribution in [0.4, 0.5) is 4.79 Å². The van der Waals surface area contributed by atoms with Crippen molar-refractivity contribution in [3.63, 3.8) is 0 Å². The Morgan fingerprint density at radius 2 is 2.10 bits per heavy atom. The Morgan fingerprint density at radius 1 is 1.50 bits per heavy atom. The summed E-state index contributed by atoms with van der Waals surface area (Å²) in [5.74, 6) is 1.40. The van der Waals surface area contributed by atoms with Gasteiger partial charge in [0.25, 0.3) is 0 Å². The van der Waals surface area contributed by atoms with Crippen molar-refractivity contribution in [1.82, 2.24) is 0 Å². The Bertz CT molecular complexity index is 102. The summed E-state index contributed by atoms with van der Waals surface area (Å²) in [6.07, 6.45) is 2.16. The van der Waals surface area contributed by atoms with E-state index in [1.54, 1.807) is 0 Å². The van der Waals surface area contributed by atoms with Crippen LogP contribution in [0.2, 0.25) is 5.21 Å². The van der Waals surface area contributed by atoms with Crippen molar-refractivity contribution in [3.8, 4) is 0 Å². The number of hydrogen-bond acceptors (Lipinski definition) is 1. The molecule has 0 fully saturated rings. The molecule has 0 aromatic heterocycles. The molecule has 0 aliphatic rings.